The summed E-state index contributed by atoms with van der Waals surface area (Å²) in [5, 5.41) is 8.96. The minimum Gasteiger partial charge on any atom is -0.436 e. The average molecular weight is 467 g/mol. The molecular weight excluding hydrogens is 443 g/mol. The van der Waals surface area contributed by atoms with Gasteiger partial charge in [-0.1, -0.05) is 36.4 Å². The lowest BCUT2D eigenvalue weighted by atomic mass is 10.1. The molecule has 1 aliphatic rings. The van der Waals surface area contributed by atoms with Crippen LogP contribution in [0, 0.1) is 17.1 Å². The molecule has 3 aromatic carbocycles. The Morgan fingerprint density at radius 3 is 2.34 bits per heavy atom. The SMILES string of the molecule is N#Cc1ccc(CN2CCN(C(=O)c3ccccc3-c3ncc(-c4ccccc4F)o3)CC2)cc1. The third kappa shape index (κ3) is 4.84. The molecule has 5 rings (SSSR count). The molecule has 0 saturated carbocycles. The Labute approximate surface area is 202 Å². The first-order chi connectivity index (χ1) is 17.1. The first-order valence-electron chi connectivity index (χ1n) is 11.4. The first-order valence-corrected chi connectivity index (χ1v) is 11.4. The summed E-state index contributed by atoms with van der Waals surface area (Å²) in [7, 11) is 0. The summed E-state index contributed by atoms with van der Waals surface area (Å²) in [6, 6.07) is 23.3. The molecule has 0 radical (unpaired) electrons. The number of amides is 1. The molecule has 0 spiro atoms. The van der Waals surface area contributed by atoms with E-state index in [0.717, 1.165) is 25.2 Å². The number of nitriles is 1. The molecule has 4 aromatic rings. The number of carbonyl (C=O) groups excluding carboxylic acids is 1. The van der Waals surface area contributed by atoms with Crippen LogP contribution in [0.4, 0.5) is 4.39 Å². The number of nitrogens with zero attached hydrogens (tertiary/aromatic N) is 4. The van der Waals surface area contributed by atoms with E-state index in [1.807, 2.05) is 41.3 Å². The zero-order valence-electron chi connectivity index (χ0n) is 19.0. The van der Waals surface area contributed by atoms with Crippen molar-refractivity contribution in [2.24, 2.45) is 0 Å². The fraction of sp³-hybridized carbons (Fsp3) is 0.179. The van der Waals surface area contributed by atoms with Gasteiger partial charge in [0.05, 0.1) is 29.0 Å². The maximum Gasteiger partial charge on any atom is 0.254 e. The molecule has 1 fully saturated rings. The Kier molecular flexibility index (Phi) is 6.38. The van der Waals surface area contributed by atoms with Crippen molar-refractivity contribution in [3.05, 3.63) is 102 Å². The summed E-state index contributed by atoms with van der Waals surface area (Å²) in [6.45, 7) is 3.50. The number of piperazine rings is 1. The van der Waals surface area contributed by atoms with Crippen molar-refractivity contribution in [1.82, 2.24) is 14.8 Å². The van der Waals surface area contributed by atoms with E-state index in [0.29, 0.717) is 41.1 Å². The van der Waals surface area contributed by atoms with Crippen molar-refractivity contribution >= 4 is 5.91 Å². The molecule has 174 valence electrons. The van der Waals surface area contributed by atoms with E-state index < -0.39 is 5.82 Å². The number of oxazole rings is 1. The van der Waals surface area contributed by atoms with Gasteiger partial charge in [-0.3, -0.25) is 9.69 Å². The molecule has 1 saturated heterocycles. The molecule has 0 atom stereocenters. The quantitative estimate of drug-likeness (QED) is 0.415. The minimum atomic E-state index is -0.390. The summed E-state index contributed by atoms with van der Waals surface area (Å²) in [5.41, 5.74) is 3.21. The Balaban J connectivity index is 1.28. The van der Waals surface area contributed by atoms with Crippen LogP contribution in [0.1, 0.15) is 21.5 Å². The number of rotatable bonds is 5. The van der Waals surface area contributed by atoms with E-state index in [-0.39, 0.29) is 11.8 Å². The van der Waals surface area contributed by atoms with Crippen LogP contribution >= 0.6 is 0 Å². The summed E-state index contributed by atoms with van der Waals surface area (Å²) in [5.74, 6) is 0.131. The normalized spacial score (nSPS) is 14.0. The van der Waals surface area contributed by atoms with Gasteiger partial charge in [-0.25, -0.2) is 9.37 Å². The Morgan fingerprint density at radius 1 is 0.943 bits per heavy atom. The highest BCUT2D eigenvalue weighted by molar-refractivity contribution is 6.00. The summed E-state index contributed by atoms with van der Waals surface area (Å²) >= 11 is 0. The molecule has 1 amide bonds. The number of hydrogen-bond acceptors (Lipinski definition) is 5. The van der Waals surface area contributed by atoms with Crippen molar-refractivity contribution in [3.8, 4) is 28.8 Å². The van der Waals surface area contributed by atoms with Gasteiger partial charge in [0.1, 0.15) is 5.82 Å². The van der Waals surface area contributed by atoms with Crippen LogP contribution in [0.5, 0.6) is 0 Å². The highest BCUT2D eigenvalue weighted by Crippen LogP contribution is 2.30. The van der Waals surface area contributed by atoms with Crippen LogP contribution in [0.3, 0.4) is 0 Å². The third-order valence-electron chi connectivity index (χ3n) is 6.18. The summed E-state index contributed by atoms with van der Waals surface area (Å²) < 4.78 is 20.0. The fourth-order valence-electron chi connectivity index (χ4n) is 4.26. The van der Waals surface area contributed by atoms with Crippen molar-refractivity contribution in [1.29, 1.82) is 5.26 Å². The molecule has 1 aromatic heterocycles. The van der Waals surface area contributed by atoms with E-state index in [4.69, 9.17) is 9.68 Å². The second-order valence-corrected chi connectivity index (χ2v) is 8.43. The van der Waals surface area contributed by atoms with E-state index in [9.17, 15) is 9.18 Å². The second-order valence-electron chi connectivity index (χ2n) is 8.43. The van der Waals surface area contributed by atoms with Crippen molar-refractivity contribution in [3.63, 3.8) is 0 Å². The molecule has 2 heterocycles. The van der Waals surface area contributed by atoms with Gasteiger partial charge in [0.15, 0.2) is 5.76 Å². The van der Waals surface area contributed by atoms with Gasteiger partial charge in [0, 0.05) is 38.3 Å². The van der Waals surface area contributed by atoms with Gasteiger partial charge < -0.3 is 9.32 Å². The predicted molar refractivity (Wildman–Crippen MR) is 130 cm³/mol. The van der Waals surface area contributed by atoms with Crippen molar-refractivity contribution in [2.45, 2.75) is 6.54 Å². The first kappa shape index (κ1) is 22.5. The Morgan fingerprint density at radius 2 is 1.63 bits per heavy atom. The average Bonchev–Trinajstić information content (AvgIpc) is 3.39. The maximum atomic E-state index is 14.2. The maximum absolute atomic E-state index is 14.2. The van der Waals surface area contributed by atoms with E-state index in [2.05, 4.69) is 16.0 Å². The summed E-state index contributed by atoms with van der Waals surface area (Å²) in [6.07, 6.45) is 1.48. The zero-order chi connectivity index (χ0) is 24.2. The molecule has 0 bridgehead atoms. The van der Waals surface area contributed by atoms with Crippen LogP contribution in [-0.2, 0) is 6.54 Å². The van der Waals surface area contributed by atoms with Crippen LogP contribution in [0.15, 0.2) is 83.4 Å². The van der Waals surface area contributed by atoms with E-state index >= 15 is 0 Å². The van der Waals surface area contributed by atoms with E-state index in [1.165, 1.54) is 12.3 Å². The number of benzene rings is 3. The van der Waals surface area contributed by atoms with Crippen LogP contribution < -0.4 is 0 Å². The Hall–Kier alpha value is -4.28. The highest BCUT2D eigenvalue weighted by atomic mass is 19.1. The van der Waals surface area contributed by atoms with E-state index in [1.54, 1.807) is 30.3 Å². The molecule has 7 heteroatoms. The number of halogens is 1. The second kappa shape index (κ2) is 9.92. The summed E-state index contributed by atoms with van der Waals surface area (Å²) in [4.78, 5) is 21.9. The lowest BCUT2D eigenvalue weighted by Gasteiger charge is -2.35. The number of carbonyl (C=O) groups is 1. The molecule has 1 aliphatic heterocycles. The van der Waals surface area contributed by atoms with Gasteiger partial charge in [-0.15, -0.1) is 0 Å². The number of aromatic nitrogens is 1. The van der Waals surface area contributed by atoms with Gasteiger partial charge in [-0.2, -0.15) is 5.26 Å². The van der Waals surface area contributed by atoms with Crippen LogP contribution in [-0.4, -0.2) is 46.9 Å². The topological polar surface area (TPSA) is 73.4 Å². The Bertz CT molecular complexity index is 1380. The predicted octanol–water partition coefficient (Wildman–Crippen LogP) is 4.98. The van der Waals surface area contributed by atoms with Gasteiger partial charge in [-0.05, 0) is 42.0 Å². The lowest BCUT2D eigenvalue weighted by Crippen LogP contribution is -2.48. The molecule has 35 heavy (non-hydrogen) atoms. The number of hydrogen-bond donors (Lipinski definition) is 0. The third-order valence-corrected chi connectivity index (χ3v) is 6.18. The van der Waals surface area contributed by atoms with Crippen LogP contribution in [0.25, 0.3) is 22.8 Å². The minimum absolute atomic E-state index is 0.0794. The standard InChI is InChI=1S/C28H23FN4O2/c29-25-8-4-3-7-24(25)26-18-31-27(35-26)22-5-1-2-6-23(22)28(34)33-15-13-32(14-16-33)19-21-11-9-20(17-30)10-12-21/h1-12,18H,13-16,19H2. The van der Waals surface area contributed by atoms with Crippen LogP contribution in [0.2, 0.25) is 0 Å². The van der Waals surface area contributed by atoms with Gasteiger partial charge in [0.2, 0.25) is 5.89 Å². The largest absolute Gasteiger partial charge is 0.436 e. The monoisotopic (exact) mass is 466 g/mol. The van der Waals surface area contributed by atoms with Crippen molar-refractivity contribution in [2.75, 3.05) is 26.2 Å². The molecule has 0 aliphatic carbocycles. The molecule has 6 nitrogen and oxygen atoms in total. The van der Waals surface area contributed by atoms with Gasteiger partial charge in [0.25, 0.3) is 5.91 Å². The molecule has 0 N–H and O–H groups in total. The van der Waals surface area contributed by atoms with Gasteiger partial charge >= 0.3 is 0 Å². The fourth-order valence-corrected chi connectivity index (χ4v) is 4.26. The smallest absolute Gasteiger partial charge is 0.254 e. The lowest BCUT2D eigenvalue weighted by molar-refractivity contribution is 0.0629. The molecule has 0 unspecified atom stereocenters. The van der Waals surface area contributed by atoms with Crippen molar-refractivity contribution < 1.29 is 13.6 Å². The highest BCUT2D eigenvalue weighted by Gasteiger charge is 2.25. The zero-order valence-corrected chi connectivity index (χ0v) is 19.0. The molecular formula is C28H23FN4O2.